The minimum Gasteiger partial charge on any atom is -0.444 e. The first kappa shape index (κ1) is 39.4. The van der Waals surface area contributed by atoms with Crippen molar-refractivity contribution >= 4 is 34.0 Å². The average Bonchev–Trinajstić information content (AvgIpc) is 3.90. The molecule has 6 heterocycles. The van der Waals surface area contributed by atoms with Gasteiger partial charge in [-0.3, -0.25) is 0 Å². The number of para-hydroxylation sites is 4. The maximum atomic E-state index is 8.06. The molecule has 5 N–H and O–H groups in total. The number of piperidine rings is 2. The van der Waals surface area contributed by atoms with Crippen molar-refractivity contribution in [2.45, 2.75) is 84.7 Å². The summed E-state index contributed by atoms with van der Waals surface area (Å²) < 4.78 is 15.7. The van der Waals surface area contributed by atoms with Crippen molar-refractivity contribution < 1.29 is 19.4 Å². The molecule has 0 atom stereocenters. The number of hydrogen-bond acceptors (Lipinski definition) is 11. The van der Waals surface area contributed by atoms with Crippen molar-refractivity contribution in [2.75, 3.05) is 50.9 Å². The zero-order valence-electron chi connectivity index (χ0n) is 31.9. The van der Waals surface area contributed by atoms with Crippen molar-refractivity contribution in [1.29, 1.82) is 0 Å². The van der Waals surface area contributed by atoms with Crippen molar-refractivity contribution in [1.82, 2.24) is 38.9 Å². The Morgan fingerprint density at radius 2 is 1.04 bits per heavy atom. The Bertz CT molecular complexity index is 1850. The number of nitrogens with one attached hydrogen (secondary N) is 2. The van der Waals surface area contributed by atoms with Crippen LogP contribution in [0, 0.1) is 13.8 Å². The molecule has 0 bridgehead atoms. The number of likely N-dealkylation sites (tertiary alicyclic amines) is 2. The minimum absolute atomic E-state index is 0. The van der Waals surface area contributed by atoms with Gasteiger partial charge in [-0.2, -0.15) is 0 Å². The van der Waals surface area contributed by atoms with E-state index in [0.717, 1.165) is 97.3 Å². The Balaban J connectivity index is 0.000000183. The molecule has 8 rings (SSSR count). The minimum atomic E-state index is -0.167. The monoisotopic (exact) mass is 728 g/mol. The van der Waals surface area contributed by atoms with E-state index >= 15 is 0 Å². The lowest BCUT2D eigenvalue weighted by Crippen LogP contribution is -2.37. The molecule has 4 aromatic heterocycles. The van der Waals surface area contributed by atoms with Crippen LogP contribution in [0.1, 0.15) is 62.8 Å². The maximum absolute atomic E-state index is 8.06. The van der Waals surface area contributed by atoms with Gasteiger partial charge in [-0.25, -0.2) is 19.9 Å². The molecule has 2 saturated heterocycles. The molecule has 0 unspecified atom stereocenters. The number of oxazole rings is 2. The van der Waals surface area contributed by atoms with Crippen LogP contribution in [0.2, 0.25) is 0 Å². The Morgan fingerprint density at radius 3 is 1.38 bits per heavy atom. The van der Waals surface area contributed by atoms with Crippen LogP contribution in [-0.4, -0.2) is 108 Å². The van der Waals surface area contributed by atoms with E-state index in [1.54, 1.807) is 26.2 Å². The van der Waals surface area contributed by atoms with Gasteiger partial charge < -0.3 is 49.0 Å². The number of rotatable bonds is 8. The first-order valence-electron chi connectivity index (χ1n) is 18.4. The first-order valence-corrected chi connectivity index (χ1v) is 18.4. The number of nitrogens with zero attached hydrogens (tertiary/aromatic N) is 8. The number of hydrogen-bond donors (Lipinski definition) is 3. The molecule has 0 aliphatic carbocycles. The lowest BCUT2D eigenvalue weighted by molar-refractivity contribution is 0.216. The fourth-order valence-corrected chi connectivity index (χ4v) is 6.63. The predicted molar refractivity (Wildman–Crippen MR) is 209 cm³/mol. The highest BCUT2D eigenvalue weighted by Crippen LogP contribution is 2.25. The topological polar surface area (TPSA) is 170 Å². The highest BCUT2D eigenvalue weighted by atomic mass is 16.4. The molecular weight excluding hydrogens is 672 g/mol. The summed E-state index contributed by atoms with van der Waals surface area (Å²) in [6, 6.07) is 17.4. The summed E-state index contributed by atoms with van der Waals surface area (Å²) in [5.74, 6) is 4.92. The van der Waals surface area contributed by atoms with Gasteiger partial charge in [0.25, 0.3) is 0 Å². The summed E-state index contributed by atoms with van der Waals surface area (Å²) in [7, 11) is 4.36. The Kier molecular flexibility index (Phi) is 13.6. The molecule has 0 amide bonds. The third-order valence-corrected chi connectivity index (χ3v) is 9.38. The van der Waals surface area contributed by atoms with E-state index in [-0.39, 0.29) is 11.6 Å². The summed E-state index contributed by atoms with van der Waals surface area (Å²) >= 11 is 0. The summed E-state index contributed by atoms with van der Waals surface area (Å²) in [6.07, 6.45) is 7.98. The van der Waals surface area contributed by atoms with Crippen molar-refractivity contribution in [3.63, 3.8) is 0 Å². The van der Waals surface area contributed by atoms with E-state index in [4.69, 9.17) is 23.9 Å². The van der Waals surface area contributed by atoms with Crippen LogP contribution >= 0.6 is 0 Å². The fourth-order valence-electron chi connectivity index (χ4n) is 6.63. The molecule has 14 heteroatoms. The quantitative estimate of drug-likeness (QED) is 0.185. The van der Waals surface area contributed by atoms with E-state index in [2.05, 4.69) is 77.9 Å². The van der Waals surface area contributed by atoms with Gasteiger partial charge in [-0.15, -0.1) is 0 Å². The average molecular weight is 729 g/mol. The van der Waals surface area contributed by atoms with Gasteiger partial charge in [0.05, 0.1) is 47.6 Å². The van der Waals surface area contributed by atoms with E-state index in [0.29, 0.717) is 37.0 Å². The number of aliphatic hydroxyl groups is 1. The molecule has 2 fully saturated rings. The Morgan fingerprint density at radius 1 is 0.679 bits per heavy atom. The Hall–Kier alpha value is -4.76. The fraction of sp³-hybridized carbons (Fsp3) is 0.487. The van der Waals surface area contributed by atoms with E-state index < -0.39 is 0 Å². The van der Waals surface area contributed by atoms with Crippen LogP contribution in [0.5, 0.6) is 0 Å². The van der Waals surface area contributed by atoms with Crippen LogP contribution < -0.4 is 10.6 Å². The van der Waals surface area contributed by atoms with Crippen LogP contribution in [0.3, 0.4) is 0 Å². The molecule has 2 aliphatic rings. The number of benzene rings is 2. The molecule has 0 radical (unpaired) electrons. The standard InChI is InChI=1S/2C18H23N5O.C3H8O.H2O/c2*1-13-19-11-15(24-13)12-23-17-6-4-3-5-16(17)21-18(23)20-14-7-9-22(2)10-8-14;1-3(2)4;/h2*3-6,11,14H,7-10,12H2,1-2H3,(H,20,21);3-4H,1-2H3;1H2. The third kappa shape index (κ3) is 10.7. The number of fused-ring (bicyclic) bond motifs is 2. The van der Waals surface area contributed by atoms with Gasteiger partial charge >= 0.3 is 0 Å². The van der Waals surface area contributed by atoms with Crippen molar-refractivity contribution in [3.8, 4) is 0 Å². The molecular formula is C39H56N10O4. The second-order valence-electron chi connectivity index (χ2n) is 14.2. The Labute approximate surface area is 311 Å². The highest BCUT2D eigenvalue weighted by Gasteiger charge is 2.22. The molecule has 6 aromatic rings. The van der Waals surface area contributed by atoms with Gasteiger partial charge in [-0.05, 0) is 104 Å². The number of aliphatic hydroxyl groups excluding tert-OH is 1. The smallest absolute Gasteiger partial charge is 0.204 e. The molecule has 2 aromatic carbocycles. The molecule has 53 heavy (non-hydrogen) atoms. The van der Waals surface area contributed by atoms with E-state index in [1.165, 1.54) is 0 Å². The number of anilines is 2. The lowest BCUT2D eigenvalue weighted by Gasteiger charge is -2.29. The predicted octanol–water partition coefficient (Wildman–Crippen LogP) is 5.34. The number of aromatic nitrogens is 6. The van der Waals surface area contributed by atoms with Gasteiger partial charge in [0.1, 0.15) is 11.5 Å². The van der Waals surface area contributed by atoms with E-state index in [9.17, 15) is 0 Å². The second-order valence-corrected chi connectivity index (χ2v) is 14.2. The number of aryl methyl sites for hydroxylation is 2. The van der Waals surface area contributed by atoms with Gasteiger partial charge in [-0.1, -0.05) is 24.3 Å². The summed E-state index contributed by atoms with van der Waals surface area (Å²) in [4.78, 5) is 22.8. The largest absolute Gasteiger partial charge is 0.444 e. The molecule has 0 saturated carbocycles. The van der Waals surface area contributed by atoms with Gasteiger partial charge in [0.15, 0.2) is 11.8 Å². The highest BCUT2D eigenvalue weighted by molar-refractivity contribution is 5.79. The van der Waals surface area contributed by atoms with Gasteiger partial charge in [0, 0.05) is 32.0 Å². The molecule has 14 nitrogen and oxygen atoms in total. The molecule has 2 aliphatic heterocycles. The summed E-state index contributed by atoms with van der Waals surface area (Å²) in [5, 5.41) is 15.4. The van der Waals surface area contributed by atoms with Crippen molar-refractivity contribution in [2.24, 2.45) is 0 Å². The zero-order valence-corrected chi connectivity index (χ0v) is 31.9. The van der Waals surface area contributed by atoms with Gasteiger partial charge in [0.2, 0.25) is 11.9 Å². The molecule has 0 spiro atoms. The summed E-state index contributed by atoms with van der Waals surface area (Å²) in [6.45, 7) is 12.9. The van der Waals surface area contributed by atoms with Crippen LogP contribution in [0.25, 0.3) is 22.1 Å². The third-order valence-electron chi connectivity index (χ3n) is 9.38. The normalized spacial score (nSPS) is 15.8. The maximum Gasteiger partial charge on any atom is 0.204 e. The summed E-state index contributed by atoms with van der Waals surface area (Å²) in [5.41, 5.74) is 4.23. The lowest BCUT2D eigenvalue weighted by atomic mass is 10.1. The molecule has 286 valence electrons. The zero-order chi connectivity index (χ0) is 36.6. The second kappa shape index (κ2) is 18.3. The first-order chi connectivity index (χ1) is 25.1. The van der Waals surface area contributed by atoms with Crippen LogP contribution in [0.15, 0.2) is 69.8 Å². The SMILES string of the molecule is CC(C)O.Cc1ncc(Cn2c(NC3CCN(C)CC3)nc3ccccc32)o1.Cc1ncc(Cn2c(NC3CCN(C)CC3)nc3ccccc32)o1.O. The van der Waals surface area contributed by atoms with E-state index in [1.807, 2.05) is 38.1 Å². The van der Waals surface area contributed by atoms with Crippen molar-refractivity contribution in [3.05, 3.63) is 84.2 Å². The number of imidazole rings is 2. The van der Waals surface area contributed by atoms with Crippen LogP contribution in [0.4, 0.5) is 11.9 Å². The van der Waals surface area contributed by atoms with Crippen LogP contribution in [-0.2, 0) is 13.1 Å².